The predicted molar refractivity (Wildman–Crippen MR) is 63.1 cm³/mol. The molecule has 2 N–H and O–H groups in total. The first-order chi connectivity index (χ1) is 9.41. The van der Waals surface area contributed by atoms with E-state index >= 15 is 0 Å². The summed E-state index contributed by atoms with van der Waals surface area (Å²) in [5.74, 6) is -5.57. The van der Waals surface area contributed by atoms with Crippen LogP contribution >= 0.6 is 0 Å². The molecule has 0 radical (unpaired) electrons. The predicted octanol–water partition coefficient (Wildman–Crippen LogP) is 0.210. The van der Waals surface area contributed by atoms with Crippen molar-refractivity contribution in [1.29, 1.82) is 0 Å². The number of carboxylic acid groups (broad SMARTS) is 2. The monoisotopic (exact) mass is 275 g/mol. The lowest BCUT2D eigenvalue weighted by Gasteiger charge is -2.22. The maximum absolute atomic E-state index is 12.2. The molecule has 7 heteroatoms. The van der Waals surface area contributed by atoms with Crippen molar-refractivity contribution in [2.24, 2.45) is 5.92 Å². The van der Waals surface area contributed by atoms with Gasteiger partial charge in [-0.1, -0.05) is 12.1 Å². The van der Waals surface area contributed by atoms with Crippen LogP contribution in [0.4, 0.5) is 0 Å². The van der Waals surface area contributed by atoms with Crippen LogP contribution in [0, 0.1) is 5.92 Å². The summed E-state index contributed by atoms with van der Waals surface area (Å²) in [4.78, 5) is 47.4. The van der Waals surface area contributed by atoms with Crippen LogP contribution < -0.4 is 0 Å². The zero-order valence-corrected chi connectivity index (χ0v) is 10.1. The maximum atomic E-state index is 12.2. The maximum Gasteiger partial charge on any atom is 0.331 e. The van der Waals surface area contributed by atoms with Gasteiger partial charge < -0.3 is 10.2 Å². The van der Waals surface area contributed by atoms with Crippen LogP contribution in [0.5, 0.6) is 0 Å². The van der Waals surface area contributed by atoms with Crippen LogP contribution in [-0.2, 0) is 9.59 Å². The molecule has 2 aliphatic rings. The Bertz CT molecular complexity index is 646. The van der Waals surface area contributed by atoms with E-state index in [2.05, 4.69) is 0 Å². The van der Waals surface area contributed by atoms with Gasteiger partial charge >= 0.3 is 11.9 Å². The minimum atomic E-state index is -1.96. The number of nitrogens with zero attached hydrogens (tertiary/aromatic N) is 1. The molecule has 1 aromatic rings. The molecule has 20 heavy (non-hydrogen) atoms. The first-order valence-corrected chi connectivity index (χ1v) is 5.85. The second kappa shape index (κ2) is 3.66. The molecule has 1 saturated carbocycles. The second-order valence-electron chi connectivity index (χ2n) is 4.82. The minimum Gasteiger partial charge on any atom is -0.481 e. The van der Waals surface area contributed by atoms with Crippen molar-refractivity contribution in [1.82, 2.24) is 4.90 Å². The molecular weight excluding hydrogens is 266 g/mol. The summed E-state index contributed by atoms with van der Waals surface area (Å²) in [6.45, 7) is 0. The van der Waals surface area contributed by atoms with Gasteiger partial charge in [-0.05, 0) is 18.6 Å². The van der Waals surface area contributed by atoms with Crippen LogP contribution in [0.1, 0.15) is 27.1 Å². The Labute approximate surface area is 112 Å². The number of rotatable bonds is 3. The fourth-order valence-corrected chi connectivity index (χ4v) is 2.67. The van der Waals surface area contributed by atoms with Crippen molar-refractivity contribution >= 4 is 23.8 Å². The Morgan fingerprint density at radius 2 is 1.60 bits per heavy atom. The first kappa shape index (κ1) is 12.3. The molecule has 1 heterocycles. The lowest BCUT2D eigenvalue weighted by molar-refractivity contribution is -0.148. The molecule has 2 amide bonds. The van der Waals surface area contributed by atoms with Crippen LogP contribution in [0.3, 0.4) is 0 Å². The van der Waals surface area contributed by atoms with E-state index < -0.39 is 35.2 Å². The Morgan fingerprint density at radius 3 is 1.95 bits per heavy atom. The van der Waals surface area contributed by atoms with Gasteiger partial charge in [0.2, 0.25) is 0 Å². The third-order valence-corrected chi connectivity index (χ3v) is 3.79. The molecule has 0 aromatic heterocycles. The smallest absolute Gasteiger partial charge is 0.331 e. The molecule has 102 valence electrons. The number of amides is 2. The molecule has 2 unspecified atom stereocenters. The van der Waals surface area contributed by atoms with Crippen molar-refractivity contribution in [2.45, 2.75) is 12.0 Å². The number of carboxylic acids is 2. The zero-order valence-electron chi connectivity index (χ0n) is 10.1. The summed E-state index contributed by atoms with van der Waals surface area (Å²) in [6, 6.07) is 5.96. The topological polar surface area (TPSA) is 112 Å². The lowest BCUT2D eigenvalue weighted by Crippen LogP contribution is -2.49. The molecule has 0 saturated heterocycles. The molecule has 0 spiro atoms. The number of carbonyl (C=O) groups is 4. The highest BCUT2D eigenvalue weighted by Gasteiger charge is 2.72. The van der Waals surface area contributed by atoms with E-state index in [0.29, 0.717) is 4.90 Å². The van der Waals surface area contributed by atoms with E-state index in [1.807, 2.05) is 0 Å². The Kier molecular flexibility index (Phi) is 2.26. The quantitative estimate of drug-likeness (QED) is 0.762. The van der Waals surface area contributed by atoms with Gasteiger partial charge in [-0.3, -0.25) is 19.3 Å². The number of hydrogen-bond acceptors (Lipinski definition) is 4. The summed E-state index contributed by atoms with van der Waals surface area (Å²) >= 11 is 0. The van der Waals surface area contributed by atoms with E-state index in [4.69, 9.17) is 5.11 Å². The van der Waals surface area contributed by atoms with E-state index in [1.165, 1.54) is 12.1 Å². The van der Waals surface area contributed by atoms with Crippen molar-refractivity contribution in [3.05, 3.63) is 35.4 Å². The van der Waals surface area contributed by atoms with E-state index in [0.717, 1.165) is 0 Å². The van der Waals surface area contributed by atoms with E-state index in [9.17, 15) is 24.3 Å². The Morgan fingerprint density at radius 1 is 1.10 bits per heavy atom. The van der Waals surface area contributed by atoms with Crippen molar-refractivity contribution in [3.8, 4) is 0 Å². The highest BCUT2D eigenvalue weighted by atomic mass is 16.4. The second-order valence-corrected chi connectivity index (χ2v) is 4.82. The molecule has 2 atom stereocenters. The summed E-state index contributed by atoms with van der Waals surface area (Å²) < 4.78 is 0. The van der Waals surface area contributed by atoms with Crippen molar-refractivity contribution < 1.29 is 29.4 Å². The van der Waals surface area contributed by atoms with Gasteiger partial charge in [-0.15, -0.1) is 0 Å². The first-order valence-electron chi connectivity index (χ1n) is 5.85. The average Bonchev–Trinajstić information content (AvgIpc) is 3.10. The van der Waals surface area contributed by atoms with E-state index in [1.54, 1.807) is 12.1 Å². The van der Waals surface area contributed by atoms with Gasteiger partial charge in [0.05, 0.1) is 17.0 Å². The standard InChI is InChI=1S/C13H9NO6/c15-9-6-3-1-2-4-7(6)10(16)14(9)13(12(19)20)5-8(13)11(17)18/h1-4,8H,5H2,(H,17,18)(H,19,20). The average molecular weight is 275 g/mol. The van der Waals surface area contributed by atoms with Gasteiger partial charge in [0.25, 0.3) is 11.8 Å². The highest BCUT2D eigenvalue weighted by molar-refractivity contribution is 6.24. The highest BCUT2D eigenvalue weighted by Crippen LogP contribution is 2.51. The molecule has 0 bridgehead atoms. The van der Waals surface area contributed by atoms with Gasteiger partial charge in [0.1, 0.15) is 0 Å². The molecule has 3 rings (SSSR count). The Hall–Kier alpha value is -2.70. The summed E-state index contributed by atoms with van der Waals surface area (Å²) in [5, 5.41) is 18.3. The number of aliphatic carboxylic acids is 2. The van der Waals surface area contributed by atoms with Crippen LogP contribution in [0.25, 0.3) is 0 Å². The molecule has 1 aliphatic carbocycles. The van der Waals surface area contributed by atoms with Gasteiger partial charge in [-0.2, -0.15) is 0 Å². The van der Waals surface area contributed by atoms with Crippen molar-refractivity contribution in [2.75, 3.05) is 0 Å². The molecule has 1 aromatic carbocycles. The normalized spacial score (nSPS) is 27.4. The SMILES string of the molecule is O=C(O)C1CC1(C(=O)O)N1C(=O)c2ccccc2C1=O. The molecule has 1 aliphatic heterocycles. The number of carbonyl (C=O) groups excluding carboxylic acids is 2. The third-order valence-electron chi connectivity index (χ3n) is 3.79. The van der Waals surface area contributed by atoms with Gasteiger partial charge in [0, 0.05) is 0 Å². The summed E-state index contributed by atoms with van der Waals surface area (Å²) in [6.07, 6.45) is -0.261. The third kappa shape index (κ3) is 1.29. The summed E-state index contributed by atoms with van der Waals surface area (Å²) in [7, 11) is 0. The largest absolute Gasteiger partial charge is 0.481 e. The lowest BCUT2D eigenvalue weighted by atomic mass is 10.1. The van der Waals surface area contributed by atoms with E-state index in [-0.39, 0.29) is 17.5 Å². The summed E-state index contributed by atoms with van der Waals surface area (Å²) in [5.41, 5.74) is -1.75. The van der Waals surface area contributed by atoms with Gasteiger partial charge in [-0.25, -0.2) is 4.79 Å². The number of hydrogen-bond donors (Lipinski definition) is 2. The van der Waals surface area contributed by atoms with Crippen LogP contribution in [0.15, 0.2) is 24.3 Å². The number of benzene rings is 1. The minimum absolute atomic E-state index is 0.106. The van der Waals surface area contributed by atoms with Crippen molar-refractivity contribution in [3.63, 3.8) is 0 Å². The molecule has 1 fully saturated rings. The molecule has 7 nitrogen and oxygen atoms in total. The number of fused-ring (bicyclic) bond motifs is 1. The fraction of sp³-hybridized carbons (Fsp3) is 0.231. The zero-order chi connectivity index (χ0) is 14.7. The van der Waals surface area contributed by atoms with Crippen LogP contribution in [-0.4, -0.2) is 44.4 Å². The molecular formula is C13H9NO6. The fourth-order valence-electron chi connectivity index (χ4n) is 2.67. The number of imide groups is 1. The van der Waals surface area contributed by atoms with Gasteiger partial charge in [0.15, 0.2) is 5.54 Å². The Balaban J connectivity index is 2.09. The van der Waals surface area contributed by atoms with Crippen LogP contribution in [0.2, 0.25) is 0 Å².